The van der Waals surface area contributed by atoms with Crippen LogP contribution >= 0.6 is 0 Å². The van der Waals surface area contributed by atoms with Crippen LogP contribution in [0.15, 0.2) is 24.3 Å². The monoisotopic (exact) mass is 388 g/mol. The van der Waals surface area contributed by atoms with Crippen LogP contribution in [0.1, 0.15) is 58.1 Å². The number of rotatable bonds is 9. The van der Waals surface area contributed by atoms with Crippen molar-refractivity contribution in [1.82, 2.24) is 10.2 Å². The van der Waals surface area contributed by atoms with Crippen LogP contribution in [0.4, 0.5) is 4.79 Å². The molecule has 1 atom stereocenters. The van der Waals surface area contributed by atoms with E-state index in [0.29, 0.717) is 25.5 Å². The summed E-state index contributed by atoms with van der Waals surface area (Å²) in [5.41, 5.74) is 2.68. The van der Waals surface area contributed by atoms with E-state index >= 15 is 0 Å². The summed E-state index contributed by atoms with van der Waals surface area (Å²) in [5, 5.41) is 2.81. The minimum Gasteiger partial charge on any atom is -0.449 e. The smallest absolute Gasteiger partial charge is 0.407 e. The molecule has 156 valence electrons. The number of alkyl carbamates (subject to hydrolysis) is 1. The summed E-state index contributed by atoms with van der Waals surface area (Å²) in [4.78, 5) is 27.3. The van der Waals surface area contributed by atoms with Crippen molar-refractivity contribution in [2.45, 2.75) is 66.0 Å². The Morgan fingerprint density at radius 1 is 1.07 bits per heavy atom. The number of amides is 1. The van der Waals surface area contributed by atoms with Crippen LogP contribution in [0.2, 0.25) is 0 Å². The van der Waals surface area contributed by atoms with Gasteiger partial charge in [0.1, 0.15) is 0 Å². The van der Waals surface area contributed by atoms with E-state index in [1.165, 1.54) is 11.1 Å². The Kier molecular flexibility index (Phi) is 8.97. The lowest BCUT2D eigenvalue weighted by Gasteiger charge is -2.24. The Hall–Kier alpha value is -1.88. The molecule has 0 bridgehead atoms. The second-order valence-corrected chi connectivity index (χ2v) is 8.71. The molecule has 0 aliphatic carbocycles. The fourth-order valence-corrected chi connectivity index (χ4v) is 3.47. The van der Waals surface area contributed by atoms with Crippen LogP contribution in [0.5, 0.6) is 0 Å². The van der Waals surface area contributed by atoms with E-state index < -0.39 is 12.1 Å². The normalized spacial score (nSPS) is 15.8. The maximum Gasteiger partial charge on any atom is 0.407 e. The predicted octanol–water partition coefficient (Wildman–Crippen LogP) is 4.19. The second-order valence-electron chi connectivity index (χ2n) is 8.71. The van der Waals surface area contributed by atoms with Crippen molar-refractivity contribution in [2.24, 2.45) is 11.8 Å². The van der Waals surface area contributed by atoms with E-state index in [4.69, 9.17) is 4.74 Å². The Balaban J connectivity index is 1.97. The van der Waals surface area contributed by atoms with Gasteiger partial charge < -0.3 is 10.1 Å². The molecular weight excluding hydrogens is 352 g/mol. The number of nitrogens with zero attached hydrogens (tertiary/aromatic N) is 1. The average molecular weight is 389 g/mol. The lowest BCUT2D eigenvalue weighted by atomic mass is 10.00. The number of fused-ring (bicyclic) bond motifs is 1. The SMILES string of the molecule is CC(C)CC[C@H](NC(=O)OCC(C)C)C(=O)CN1CCCc2ccccc2C1. The first-order valence-electron chi connectivity index (χ1n) is 10.6. The molecule has 0 saturated heterocycles. The van der Waals surface area contributed by atoms with E-state index in [1.54, 1.807) is 0 Å². The molecule has 0 fully saturated rings. The van der Waals surface area contributed by atoms with Crippen molar-refractivity contribution in [3.8, 4) is 0 Å². The molecule has 0 saturated carbocycles. The summed E-state index contributed by atoms with van der Waals surface area (Å²) in [6.45, 7) is 10.7. The fraction of sp³-hybridized carbons (Fsp3) is 0.652. The molecule has 5 heteroatoms. The summed E-state index contributed by atoms with van der Waals surface area (Å²) in [6, 6.07) is 7.98. The Morgan fingerprint density at radius 3 is 2.46 bits per heavy atom. The summed E-state index contributed by atoms with van der Waals surface area (Å²) < 4.78 is 5.23. The summed E-state index contributed by atoms with van der Waals surface area (Å²) >= 11 is 0. The lowest BCUT2D eigenvalue weighted by molar-refractivity contribution is -0.122. The summed E-state index contributed by atoms with van der Waals surface area (Å²) in [7, 11) is 0. The van der Waals surface area contributed by atoms with Gasteiger partial charge in [0.15, 0.2) is 5.78 Å². The highest BCUT2D eigenvalue weighted by Gasteiger charge is 2.25. The van der Waals surface area contributed by atoms with Gasteiger partial charge in [0.05, 0.1) is 19.2 Å². The van der Waals surface area contributed by atoms with Crippen molar-refractivity contribution >= 4 is 11.9 Å². The van der Waals surface area contributed by atoms with Crippen LogP contribution in [0, 0.1) is 11.8 Å². The first-order chi connectivity index (χ1) is 13.3. The van der Waals surface area contributed by atoms with Crippen LogP contribution in [0.3, 0.4) is 0 Å². The topological polar surface area (TPSA) is 58.6 Å². The van der Waals surface area contributed by atoms with E-state index in [0.717, 1.165) is 32.4 Å². The molecule has 1 heterocycles. The van der Waals surface area contributed by atoms with E-state index in [2.05, 4.69) is 48.3 Å². The maximum atomic E-state index is 13.0. The molecule has 0 unspecified atom stereocenters. The van der Waals surface area contributed by atoms with Crippen molar-refractivity contribution < 1.29 is 14.3 Å². The van der Waals surface area contributed by atoms with Gasteiger partial charge in [-0.05, 0) is 55.2 Å². The number of Topliss-reactive ketones (excluding diaryl/α,β-unsaturated/α-hetero) is 1. The van der Waals surface area contributed by atoms with Gasteiger partial charge in [0, 0.05) is 6.54 Å². The average Bonchev–Trinajstić information content (AvgIpc) is 2.84. The first-order valence-corrected chi connectivity index (χ1v) is 10.6. The van der Waals surface area contributed by atoms with Gasteiger partial charge in [-0.3, -0.25) is 9.69 Å². The standard InChI is InChI=1S/C23H36N2O3/c1-17(2)11-12-21(24-23(27)28-16-18(3)4)22(26)15-25-13-7-10-19-8-5-6-9-20(19)14-25/h5-6,8-9,17-18,21H,7,10-16H2,1-4H3,(H,24,27)/t21-/m0/s1. The van der Waals surface area contributed by atoms with Gasteiger partial charge in [0.25, 0.3) is 0 Å². The Morgan fingerprint density at radius 2 is 1.79 bits per heavy atom. The molecular formula is C23H36N2O3. The number of carbonyl (C=O) groups is 2. The van der Waals surface area contributed by atoms with Gasteiger partial charge in [-0.1, -0.05) is 52.0 Å². The maximum absolute atomic E-state index is 13.0. The Bertz CT molecular complexity index is 642. The molecule has 1 aliphatic rings. The van der Waals surface area contributed by atoms with Crippen molar-refractivity contribution in [3.05, 3.63) is 35.4 Å². The van der Waals surface area contributed by atoms with Crippen molar-refractivity contribution in [2.75, 3.05) is 19.7 Å². The zero-order valence-corrected chi connectivity index (χ0v) is 17.9. The highest BCUT2D eigenvalue weighted by molar-refractivity contribution is 5.88. The van der Waals surface area contributed by atoms with Gasteiger partial charge >= 0.3 is 6.09 Å². The summed E-state index contributed by atoms with van der Waals surface area (Å²) in [5.74, 6) is 0.822. The molecule has 2 rings (SSSR count). The molecule has 1 aromatic carbocycles. The number of benzene rings is 1. The third kappa shape index (κ3) is 7.63. The molecule has 0 spiro atoms. The molecule has 28 heavy (non-hydrogen) atoms. The number of hydrogen-bond donors (Lipinski definition) is 1. The largest absolute Gasteiger partial charge is 0.449 e. The second kappa shape index (κ2) is 11.2. The summed E-state index contributed by atoms with van der Waals surface area (Å²) in [6.07, 6.45) is 3.15. The molecule has 5 nitrogen and oxygen atoms in total. The van der Waals surface area contributed by atoms with Gasteiger partial charge in [-0.15, -0.1) is 0 Å². The molecule has 1 aromatic rings. The number of ether oxygens (including phenoxy) is 1. The van der Waals surface area contributed by atoms with Gasteiger partial charge in [-0.2, -0.15) is 0 Å². The Labute approximate surface area is 169 Å². The van der Waals surface area contributed by atoms with Crippen LogP contribution in [-0.4, -0.2) is 42.5 Å². The highest BCUT2D eigenvalue weighted by Crippen LogP contribution is 2.19. The lowest BCUT2D eigenvalue weighted by Crippen LogP contribution is -2.46. The third-order valence-corrected chi connectivity index (χ3v) is 5.07. The quantitative estimate of drug-likeness (QED) is 0.689. The molecule has 1 aliphatic heterocycles. The van der Waals surface area contributed by atoms with E-state index in [-0.39, 0.29) is 11.7 Å². The van der Waals surface area contributed by atoms with Crippen LogP contribution < -0.4 is 5.32 Å². The first kappa shape index (κ1) is 22.4. The number of hydrogen-bond acceptors (Lipinski definition) is 4. The minimum atomic E-state index is -0.489. The van der Waals surface area contributed by atoms with Gasteiger partial charge in [-0.25, -0.2) is 4.79 Å². The predicted molar refractivity (Wildman–Crippen MR) is 112 cm³/mol. The fourth-order valence-electron chi connectivity index (χ4n) is 3.47. The van der Waals surface area contributed by atoms with Gasteiger partial charge in [0.2, 0.25) is 0 Å². The molecule has 0 radical (unpaired) electrons. The third-order valence-electron chi connectivity index (χ3n) is 5.07. The highest BCUT2D eigenvalue weighted by atomic mass is 16.5. The number of ketones is 1. The molecule has 1 amide bonds. The molecule has 1 N–H and O–H groups in total. The molecule has 0 aromatic heterocycles. The van der Waals surface area contributed by atoms with Crippen molar-refractivity contribution in [1.29, 1.82) is 0 Å². The number of aryl methyl sites for hydroxylation is 1. The minimum absolute atomic E-state index is 0.0709. The zero-order chi connectivity index (χ0) is 20.5. The number of nitrogens with one attached hydrogen (secondary N) is 1. The number of carbonyl (C=O) groups excluding carboxylic acids is 2. The van der Waals surface area contributed by atoms with E-state index in [1.807, 2.05) is 13.8 Å². The van der Waals surface area contributed by atoms with Crippen LogP contribution in [-0.2, 0) is 22.5 Å². The van der Waals surface area contributed by atoms with Crippen molar-refractivity contribution in [3.63, 3.8) is 0 Å². The zero-order valence-electron chi connectivity index (χ0n) is 17.9. The van der Waals surface area contributed by atoms with E-state index in [9.17, 15) is 9.59 Å². The van der Waals surface area contributed by atoms with Crippen LogP contribution in [0.25, 0.3) is 0 Å².